The number of carbonyl (C=O) groups excluding carboxylic acids is 1. The van der Waals surface area contributed by atoms with E-state index in [0.717, 1.165) is 37.0 Å². The molecule has 126 valence electrons. The summed E-state index contributed by atoms with van der Waals surface area (Å²) in [6.07, 6.45) is 9.62. The highest BCUT2D eigenvalue weighted by Crippen LogP contribution is 2.28. The monoisotopic (exact) mass is 326 g/mol. The molecule has 0 saturated heterocycles. The lowest BCUT2D eigenvalue weighted by atomic mass is 10.2. The quantitative estimate of drug-likeness (QED) is 0.362. The third-order valence-electron chi connectivity index (χ3n) is 4.18. The molecule has 0 aromatic rings. The van der Waals surface area contributed by atoms with Crippen LogP contribution in [0.4, 0.5) is 0 Å². The fraction of sp³-hybridized carbons (Fsp3) is 0.875. The fourth-order valence-electron chi connectivity index (χ4n) is 2.76. The van der Waals surface area contributed by atoms with E-state index in [0.29, 0.717) is 25.0 Å². The number of guanidine groups is 1. The van der Waals surface area contributed by atoms with E-state index in [9.17, 15) is 4.79 Å². The molecule has 2 fully saturated rings. The minimum Gasteiger partial charge on any atom is -0.357 e. The minimum absolute atomic E-state index is 0.175. The second-order valence-corrected chi connectivity index (χ2v) is 7.36. The normalized spacial score (nSPS) is 25.1. The molecule has 0 bridgehead atoms. The fourth-order valence-corrected chi connectivity index (χ4v) is 3.55. The molecule has 0 aromatic carbocycles. The maximum atomic E-state index is 11.6. The Morgan fingerprint density at radius 1 is 1.18 bits per heavy atom. The molecule has 6 heteroatoms. The van der Waals surface area contributed by atoms with E-state index in [2.05, 4.69) is 34.1 Å². The van der Waals surface area contributed by atoms with Crippen LogP contribution in [0, 0.1) is 0 Å². The van der Waals surface area contributed by atoms with E-state index >= 15 is 0 Å². The van der Waals surface area contributed by atoms with Gasteiger partial charge in [0.2, 0.25) is 5.91 Å². The van der Waals surface area contributed by atoms with Gasteiger partial charge in [0, 0.05) is 36.8 Å². The third-order valence-corrected chi connectivity index (χ3v) is 5.27. The molecule has 0 aliphatic heterocycles. The van der Waals surface area contributed by atoms with E-state index in [4.69, 9.17) is 0 Å². The van der Waals surface area contributed by atoms with Crippen molar-refractivity contribution < 1.29 is 4.79 Å². The van der Waals surface area contributed by atoms with Crippen LogP contribution in [0.3, 0.4) is 0 Å². The van der Waals surface area contributed by atoms with Crippen molar-refractivity contribution in [2.45, 2.75) is 69.2 Å². The molecule has 2 aliphatic rings. The van der Waals surface area contributed by atoms with Crippen molar-refractivity contribution in [1.29, 1.82) is 0 Å². The lowest BCUT2D eigenvalue weighted by molar-refractivity contribution is -0.121. The van der Waals surface area contributed by atoms with Crippen molar-refractivity contribution >= 4 is 23.6 Å². The molecule has 5 nitrogen and oxygen atoms in total. The number of rotatable bonds is 8. The average molecular weight is 327 g/mol. The second kappa shape index (κ2) is 9.28. The first-order valence-corrected chi connectivity index (χ1v) is 9.87. The average Bonchev–Trinajstić information content (AvgIpc) is 3.19. The Morgan fingerprint density at radius 3 is 2.59 bits per heavy atom. The number of thioether (sulfide) groups is 1. The number of amides is 1. The maximum absolute atomic E-state index is 11.6. The van der Waals surface area contributed by atoms with Crippen molar-refractivity contribution in [2.24, 2.45) is 4.99 Å². The van der Waals surface area contributed by atoms with E-state index < -0.39 is 0 Å². The van der Waals surface area contributed by atoms with Gasteiger partial charge in [0.05, 0.1) is 0 Å². The van der Waals surface area contributed by atoms with Crippen molar-refractivity contribution in [1.82, 2.24) is 16.0 Å². The SMILES string of the molecule is CCNC(=NCCCC(=O)NC1CC1)NC1CCC(SC)C1. The molecule has 2 rings (SSSR count). The summed E-state index contributed by atoms with van der Waals surface area (Å²) in [7, 11) is 0. The van der Waals surface area contributed by atoms with E-state index in [1.54, 1.807) is 0 Å². The van der Waals surface area contributed by atoms with Crippen LogP contribution in [-0.2, 0) is 4.79 Å². The number of hydrogen-bond acceptors (Lipinski definition) is 3. The second-order valence-electron chi connectivity index (χ2n) is 6.22. The van der Waals surface area contributed by atoms with Gasteiger partial charge in [0.15, 0.2) is 5.96 Å². The Morgan fingerprint density at radius 2 is 1.95 bits per heavy atom. The molecule has 0 spiro atoms. The first kappa shape index (κ1) is 17.4. The number of aliphatic imine (C=N–C) groups is 1. The first-order valence-electron chi connectivity index (χ1n) is 8.58. The van der Waals surface area contributed by atoms with Crippen LogP contribution in [0.25, 0.3) is 0 Å². The zero-order valence-electron chi connectivity index (χ0n) is 13.9. The molecule has 0 heterocycles. The van der Waals surface area contributed by atoms with Crippen LogP contribution < -0.4 is 16.0 Å². The molecule has 1 amide bonds. The topological polar surface area (TPSA) is 65.5 Å². The Labute approximate surface area is 138 Å². The highest BCUT2D eigenvalue weighted by molar-refractivity contribution is 7.99. The summed E-state index contributed by atoms with van der Waals surface area (Å²) >= 11 is 1.97. The van der Waals surface area contributed by atoms with Gasteiger partial charge in [-0.25, -0.2) is 0 Å². The van der Waals surface area contributed by atoms with Crippen LogP contribution in [0.5, 0.6) is 0 Å². The highest BCUT2D eigenvalue weighted by Gasteiger charge is 2.24. The predicted octanol–water partition coefficient (Wildman–Crippen LogP) is 1.88. The lowest BCUT2D eigenvalue weighted by Crippen LogP contribution is -2.42. The Balaban J connectivity index is 1.66. The molecule has 2 atom stereocenters. The predicted molar refractivity (Wildman–Crippen MR) is 94.5 cm³/mol. The molecule has 0 radical (unpaired) electrons. The zero-order chi connectivity index (χ0) is 15.8. The van der Waals surface area contributed by atoms with Crippen LogP contribution in [0.1, 0.15) is 51.9 Å². The smallest absolute Gasteiger partial charge is 0.220 e. The van der Waals surface area contributed by atoms with Crippen LogP contribution in [0.15, 0.2) is 4.99 Å². The van der Waals surface area contributed by atoms with E-state index in [1.807, 2.05) is 11.8 Å². The number of nitrogens with one attached hydrogen (secondary N) is 3. The largest absolute Gasteiger partial charge is 0.357 e. The van der Waals surface area contributed by atoms with Crippen molar-refractivity contribution in [2.75, 3.05) is 19.3 Å². The Hall–Kier alpha value is -0.910. The van der Waals surface area contributed by atoms with E-state index in [1.165, 1.54) is 19.3 Å². The Bertz CT molecular complexity index is 384. The molecule has 0 aromatic heterocycles. The maximum Gasteiger partial charge on any atom is 0.220 e. The molecule has 22 heavy (non-hydrogen) atoms. The first-order chi connectivity index (χ1) is 10.7. The third kappa shape index (κ3) is 6.46. The summed E-state index contributed by atoms with van der Waals surface area (Å²) in [4.78, 5) is 16.2. The van der Waals surface area contributed by atoms with Crippen LogP contribution in [0.2, 0.25) is 0 Å². The van der Waals surface area contributed by atoms with Crippen molar-refractivity contribution in [3.63, 3.8) is 0 Å². The lowest BCUT2D eigenvalue weighted by Gasteiger charge is -2.17. The molecule has 3 N–H and O–H groups in total. The summed E-state index contributed by atoms with van der Waals surface area (Å²) in [5.74, 6) is 1.08. The molecule has 2 saturated carbocycles. The van der Waals surface area contributed by atoms with E-state index in [-0.39, 0.29) is 5.91 Å². The summed E-state index contributed by atoms with van der Waals surface area (Å²) in [5, 5.41) is 10.6. The summed E-state index contributed by atoms with van der Waals surface area (Å²) in [6.45, 7) is 3.65. The Kier molecular flexibility index (Phi) is 7.36. The van der Waals surface area contributed by atoms with Crippen molar-refractivity contribution in [3.8, 4) is 0 Å². The van der Waals surface area contributed by atoms with Gasteiger partial charge in [0.1, 0.15) is 0 Å². The van der Waals surface area contributed by atoms with Gasteiger partial charge in [-0.2, -0.15) is 11.8 Å². The van der Waals surface area contributed by atoms with Crippen molar-refractivity contribution in [3.05, 3.63) is 0 Å². The number of nitrogens with zero attached hydrogens (tertiary/aromatic N) is 1. The minimum atomic E-state index is 0.175. The van der Waals surface area contributed by atoms with Gasteiger partial charge < -0.3 is 16.0 Å². The van der Waals surface area contributed by atoms with Crippen LogP contribution >= 0.6 is 11.8 Å². The standard InChI is InChI=1S/C16H30N4OS/c1-3-17-16(20-13-8-9-14(11-13)22-2)18-10-4-5-15(21)19-12-6-7-12/h12-14H,3-11H2,1-2H3,(H,19,21)(H2,17,18,20). The van der Waals surface area contributed by atoms with Crippen LogP contribution in [-0.4, -0.2) is 48.5 Å². The van der Waals surface area contributed by atoms with Gasteiger partial charge in [-0.3, -0.25) is 9.79 Å². The molecular weight excluding hydrogens is 296 g/mol. The van der Waals surface area contributed by atoms with Gasteiger partial charge in [-0.05, 0) is 51.7 Å². The molecular formula is C16H30N4OS. The number of hydrogen-bond donors (Lipinski definition) is 3. The zero-order valence-corrected chi connectivity index (χ0v) is 14.7. The van der Waals surface area contributed by atoms with Gasteiger partial charge in [0.25, 0.3) is 0 Å². The van der Waals surface area contributed by atoms with Gasteiger partial charge in [-0.1, -0.05) is 0 Å². The molecule has 2 unspecified atom stereocenters. The highest BCUT2D eigenvalue weighted by atomic mass is 32.2. The van der Waals surface area contributed by atoms with Gasteiger partial charge >= 0.3 is 0 Å². The summed E-state index contributed by atoms with van der Waals surface area (Å²) in [5.41, 5.74) is 0. The summed E-state index contributed by atoms with van der Waals surface area (Å²) < 4.78 is 0. The van der Waals surface area contributed by atoms with Gasteiger partial charge in [-0.15, -0.1) is 0 Å². The molecule has 2 aliphatic carbocycles. The summed E-state index contributed by atoms with van der Waals surface area (Å²) in [6, 6.07) is 0.996. The number of carbonyl (C=O) groups is 1.